The minimum Gasteiger partial charge on any atom is -0.370 e. The molecule has 1 aromatic carbocycles. The smallest absolute Gasteiger partial charge is 0.192 e. The molecule has 0 amide bonds. The van der Waals surface area contributed by atoms with Gasteiger partial charge in [0.15, 0.2) is 5.96 Å². The summed E-state index contributed by atoms with van der Waals surface area (Å²) >= 11 is 5.56. The summed E-state index contributed by atoms with van der Waals surface area (Å²) in [6.07, 6.45) is 0. The number of nitrogens with two attached hydrogens (primary N) is 1. The number of benzene rings is 1. The van der Waals surface area contributed by atoms with Gasteiger partial charge in [-0.1, -0.05) is 11.6 Å². The molecule has 3 N–H and O–H groups in total. The summed E-state index contributed by atoms with van der Waals surface area (Å²) in [5, 5.41) is 7.41. The molecule has 13 heavy (non-hydrogen) atoms. The SMILES string of the molecule is CN(C(=N)N)c1ccc(Cl)cc1F. The minimum atomic E-state index is -0.495. The molecule has 70 valence electrons. The van der Waals surface area contributed by atoms with Gasteiger partial charge >= 0.3 is 0 Å². The summed E-state index contributed by atoms with van der Waals surface area (Å²) in [6, 6.07) is 4.19. The Hall–Kier alpha value is -1.29. The van der Waals surface area contributed by atoms with Crippen LogP contribution in [0.2, 0.25) is 5.02 Å². The van der Waals surface area contributed by atoms with Crippen LogP contribution in [0.1, 0.15) is 0 Å². The molecule has 0 aliphatic carbocycles. The zero-order valence-corrected chi connectivity index (χ0v) is 7.77. The fourth-order valence-electron chi connectivity index (χ4n) is 0.883. The average molecular weight is 202 g/mol. The van der Waals surface area contributed by atoms with Crippen LogP contribution in [0, 0.1) is 11.2 Å². The molecule has 0 saturated heterocycles. The van der Waals surface area contributed by atoms with Crippen LogP contribution >= 0.6 is 11.6 Å². The second-order valence-electron chi connectivity index (χ2n) is 2.54. The van der Waals surface area contributed by atoms with Gasteiger partial charge in [-0.25, -0.2) is 4.39 Å². The highest BCUT2D eigenvalue weighted by atomic mass is 35.5. The molecule has 3 nitrogen and oxygen atoms in total. The lowest BCUT2D eigenvalue weighted by molar-refractivity contribution is 0.628. The van der Waals surface area contributed by atoms with Crippen molar-refractivity contribution in [1.82, 2.24) is 0 Å². The molecule has 0 saturated carbocycles. The van der Waals surface area contributed by atoms with Crippen LogP contribution in [0.5, 0.6) is 0 Å². The second-order valence-corrected chi connectivity index (χ2v) is 2.98. The van der Waals surface area contributed by atoms with Crippen LogP contribution in [0.4, 0.5) is 10.1 Å². The Morgan fingerprint density at radius 1 is 1.62 bits per heavy atom. The molecule has 1 aromatic rings. The van der Waals surface area contributed by atoms with Crippen LogP contribution < -0.4 is 10.6 Å². The highest BCUT2D eigenvalue weighted by molar-refractivity contribution is 6.30. The van der Waals surface area contributed by atoms with E-state index >= 15 is 0 Å². The summed E-state index contributed by atoms with van der Waals surface area (Å²) in [6.45, 7) is 0. The standard InChI is InChI=1S/C8H9ClFN3/c1-13(8(11)12)7-3-2-5(9)4-6(7)10/h2-4H,1H3,(H3,11,12). The molecular formula is C8H9ClFN3. The first-order valence-corrected chi connectivity index (χ1v) is 3.93. The van der Waals surface area contributed by atoms with Gasteiger partial charge in [-0.3, -0.25) is 5.41 Å². The molecule has 0 spiro atoms. The number of halogens is 2. The Labute approximate surface area is 80.4 Å². The van der Waals surface area contributed by atoms with E-state index in [1.54, 1.807) is 6.07 Å². The van der Waals surface area contributed by atoms with Crippen molar-refractivity contribution in [3.63, 3.8) is 0 Å². The highest BCUT2D eigenvalue weighted by Gasteiger charge is 2.09. The van der Waals surface area contributed by atoms with E-state index in [1.807, 2.05) is 0 Å². The van der Waals surface area contributed by atoms with Gasteiger partial charge in [0.2, 0.25) is 0 Å². The van der Waals surface area contributed by atoms with E-state index in [2.05, 4.69) is 0 Å². The summed E-state index contributed by atoms with van der Waals surface area (Å²) in [5.41, 5.74) is 5.42. The van der Waals surface area contributed by atoms with E-state index < -0.39 is 5.82 Å². The van der Waals surface area contributed by atoms with Gasteiger partial charge < -0.3 is 10.6 Å². The van der Waals surface area contributed by atoms with E-state index in [0.717, 1.165) is 0 Å². The zero-order chi connectivity index (χ0) is 10.0. The molecule has 0 radical (unpaired) electrons. The molecule has 0 aliphatic heterocycles. The van der Waals surface area contributed by atoms with Crippen LogP contribution in [0.15, 0.2) is 18.2 Å². The van der Waals surface area contributed by atoms with Crippen LogP contribution in [-0.4, -0.2) is 13.0 Å². The third kappa shape index (κ3) is 2.09. The second kappa shape index (κ2) is 3.62. The normalized spacial score (nSPS) is 9.77. The maximum absolute atomic E-state index is 13.2. The average Bonchev–Trinajstić information content (AvgIpc) is 2.03. The third-order valence-corrected chi connectivity index (χ3v) is 1.87. The maximum atomic E-state index is 13.2. The number of hydrogen-bond acceptors (Lipinski definition) is 1. The van der Waals surface area contributed by atoms with Crippen molar-refractivity contribution in [3.05, 3.63) is 29.0 Å². The number of hydrogen-bond donors (Lipinski definition) is 2. The molecule has 0 fully saturated rings. The molecule has 0 aromatic heterocycles. The predicted octanol–water partition coefficient (Wildman–Crippen LogP) is 1.81. The van der Waals surface area contributed by atoms with Crippen LogP contribution in [0.3, 0.4) is 0 Å². The van der Waals surface area contributed by atoms with Crippen molar-refractivity contribution in [2.24, 2.45) is 5.73 Å². The van der Waals surface area contributed by atoms with Crippen molar-refractivity contribution in [2.45, 2.75) is 0 Å². The van der Waals surface area contributed by atoms with E-state index in [0.29, 0.717) is 5.02 Å². The summed E-state index contributed by atoms with van der Waals surface area (Å²) in [4.78, 5) is 1.23. The first kappa shape index (κ1) is 9.80. The fraction of sp³-hybridized carbons (Fsp3) is 0.125. The zero-order valence-electron chi connectivity index (χ0n) is 7.01. The Morgan fingerprint density at radius 2 is 2.23 bits per heavy atom. The minimum absolute atomic E-state index is 0.221. The number of rotatable bonds is 1. The van der Waals surface area contributed by atoms with Gasteiger partial charge in [0, 0.05) is 12.1 Å². The van der Waals surface area contributed by atoms with E-state index in [1.165, 1.54) is 24.1 Å². The number of anilines is 1. The van der Waals surface area contributed by atoms with Gasteiger partial charge in [0.1, 0.15) is 5.82 Å². The number of nitrogens with one attached hydrogen (secondary N) is 1. The molecule has 0 heterocycles. The monoisotopic (exact) mass is 201 g/mol. The Morgan fingerprint density at radius 3 is 2.69 bits per heavy atom. The first-order valence-electron chi connectivity index (χ1n) is 3.55. The maximum Gasteiger partial charge on any atom is 0.192 e. The van der Waals surface area contributed by atoms with Crippen molar-refractivity contribution in [3.8, 4) is 0 Å². The lowest BCUT2D eigenvalue weighted by atomic mass is 10.3. The Kier molecular flexibility index (Phi) is 2.72. The quantitative estimate of drug-likeness (QED) is 0.538. The largest absolute Gasteiger partial charge is 0.370 e. The molecule has 0 aliphatic rings. The molecule has 0 atom stereocenters. The van der Waals surface area contributed by atoms with Crippen molar-refractivity contribution >= 4 is 23.2 Å². The predicted molar refractivity (Wildman–Crippen MR) is 51.7 cm³/mol. The van der Waals surface area contributed by atoms with Gasteiger partial charge in [0.05, 0.1) is 5.69 Å². The molecule has 0 unspecified atom stereocenters. The Bertz CT molecular complexity index is 340. The lowest BCUT2D eigenvalue weighted by Crippen LogP contribution is -2.33. The molecular weight excluding hydrogens is 193 g/mol. The molecule has 5 heteroatoms. The summed E-state index contributed by atoms with van der Waals surface area (Å²) in [5.74, 6) is -0.716. The van der Waals surface area contributed by atoms with E-state index in [-0.39, 0.29) is 11.6 Å². The van der Waals surface area contributed by atoms with Crippen LogP contribution in [0.25, 0.3) is 0 Å². The summed E-state index contributed by atoms with van der Waals surface area (Å²) < 4.78 is 13.2. The van der Waals surface area contributed by atoms with Gasteiger partial charge in [-0.2, -0.15) is 0 Å². The highest BCUT2D eigenvalue weighted by Crippen LogP contribution is 2.21. The first-order chi connectivity index (χ1) is 6.02. The Balaban J connectivity index is 3.08. The molecule has 1 rings (SSSR count). The van der Waals surface area contributed by atoms with Crippen LogP contribution in [-0.2, 0) is 0 Å². The van der Waals surface area contributed by atoms with Crippen molar-refractivity contribution in [1.29, 1.82) is 5.41 Å². The lowest BCUT2D eigenvalue weighted by Gasteiger charge is -2.17. The van der Waals surface area contributed by atoms with Crippen molar-refractivity contribution < 1.29 is 4.39 Å². The number of nitrogens with zero attached hydrogens (tertiary/aromatic N) is 1. The van der Waals surface area contributed by atoms with Gasteiger partial charge in [-0.05, 0) is 18.2 Å². The fourth-order valence-corrected chi connectivity index (χ4v) is 1.04. The third-order valence-electron chi connectivity index (χ3n) is 1.63. The van der Waals surface area contributed by atoms with Gasteiger partial charge in [0.25, 0.3) is 0 Å². The van der Waals surface area contributed by atoms with Gasteiger partial charge in [-0.15, -0.1) is 0 Å². The topological polar surface area (TPSA) is 53.1 Å². The van der Waals surface area contributed by atoms with E-state index in [9.17, 15) is 4.39 Å². The van der Waals surface area contributed by atoms with E-state index in [4.69, 9.17) is 22.7 Å². The summed E-state index contributed by atoms with van der Waals surface area (Å²) in [7, 11) is 1.51. The molecule has 0 bridgehead atoms. The van der Waals surface area contributed by atoms with Crippen molar-refractivity contribution in [2.75, 3.05) is 11.9 Å². The number of guanidine groups is 1.